The van der Waals surface area contributed by atoms with Crippen LogP contribution < -0.4 is 10.1 Å². The van der Waals surface area contributed by atoms with E-state index in [2.05, 4.69) is 12.2 Å². The van der Waals surface area contributed by atoms with Gasteiger partial charge in [-0.25, -0.2) is 0 Å². The Labute approximate surface area is 136 Å². The fourth-order valence-corrected chi connectivity index (χ4v) is 2.74. The monoisotopic (exact) mass is 323 g/mol. The summed E-state index contributed by atoms with van der Waals surface area (Å²) in [5.74, 6) is 1.66. The first-order valence-electron chi connectivity index (χ1n) is 6.95. The van der Waals surface area contributed by atoms with Crippen LogP contribution in [0, 0.1) is 13.8 Å². The van der Waals surface area contributed by atoms with Gasteiger partial charge < -0.3 is 10.1 Å². The van der Waals surface area contributed by atoms with E-state index in [1.807, 2.05) is 44.2 Å². The number of nitrogens with one attached hydrogen (secondary N) is 1. The fraction of sp³-hybridized carbons (Fsp3) is 0.294. The smallest absolute Gasteiger partial charge is 0.133 e. The van der Waals surface area contributed by atoms with Crippen molar-refractivity contribution in [2.24, 2.45) is 0 Å². The van der Waals surface area contributed by atoms with Crippen LogP contribution in [0.5, 0.6) is 11.5 Å². The minimum absolute atomic E-state index is 0.708. The third kappa shape index (κ3) is 4.13. The highest BCUT2D eigenvalue weighted by molar-refractivity contribution is 6.31. The molecule has 0 aliphatic rings. The predicted molar refractivity (Wildman–Crippen MR) is 89.8 cm³/mol. The Hall–Kier alpha value is -1.22. The molecule has 2 aromatic carbocycles. The van der Waals surface area contributed by atoms with Gasteiger partial charge in [0.15, 0.2) is 0 Å². The Morgan fingerprint density at radius 3 is 2.29 bits per heavy atom. The second-order valence-corrected chi connectivity index (χ2v) is 5.88. The molecule has 0 saturated heterocycles. The summed E-state index contributed by atoms with van der Waals surface area (Å²) in [5.41, 5.74) is 3.08. The average molecular weight is 324 g/mol. The lowest BCUT2D eigenvalue weighted by atomic mass is 10.1. The maximum absolute atomic E-state index is 6.12. The third-order valence-corrected chi connectivity index (χ3v) is 3.68. The molecule has 2 nitrogen and oxygen atoms in total. The van der Waals surface area contributed by atoms with E-state index >= 15 is 0 Å². The van der Waals surface area contributed by atoms with Gasteiger partial charge in [-0.05, 0) is 61.9 Å². The average Bonchev–Trinajstić information content (AvgIpc) is 2.42. The van der Waals surface area contributed by atoms with Crippen LogP contribution in [0.1, 0.15) is 23.6 Å². The van der Waals surface area contributed by atoms with Gasteiger partial charge in [-0.1, -0.05) is 30.1 Å². The molecule has 2 rings (SSSR count). The number of hydrogen-bond acceptors (Lipinski definition) is 2. The Kier molecular flexibility index (Phi) is 5.51. The number of halogens is 2. The first kappa shape index (κ1) is 16.2. The predicted octanol–water partition coefficient (Wildman–Crippen LogP) is 5.51. The van der Waals surface area contributed by atoms with Crippen molar-refractivity contribution < 1.29 is 4.74 Å². The van der Waals surface area contributed by atoms with Crippen molar-refractivity contribution in [2.75, 3.05) is 6.54 Å². The molecule has 0 unspecified atom stereocenters. The zero-order valence-electron chi connectivity index (χ0n) is 12.5. The highest BCUT2D eigenvalue weighted by Crippen LogP contribution is 2.33. The van der Waals surface area contributed by atoms with Crippen LogP contribution in [0.2, 0.25) is 10.0 Å². The third-order valence-electron chi connectivity index (χ3n) is 3.23. The molecular weight excluding hydrogens is 305 g/mol. The Balaban J connectivity index is 2.35. The normalized spacial score (nSPS) is 10.7. The highest BCUT2D eigenvalue weighted by Gasteiger charge is 2.10. The zero-order valence-corrected chi connectivity index (χ0v) is 14.0. The maximum Gasteiger partial charge on any atom is 0.133 e. The minimum atomic E-state index is 0.708. The molecule has 0 aliphatic heterocycles. The Morgan fingerprint density at radius 2 is 1.67 bits per heavy atom. The number of rotatable bonds is 5. The molecule has 2 aromatic rings. The summed E-state index contributed by atoms with van der Waals surface area (Å²) in [6.07, 6.45) is 0. The summed E-state index contributed by atoms with van der Waals surface area (Å²) in [6.45, 7) is 7.67. The van der Waals surface area contributed by atoms with Crippen LogP contribution in [0.3, 0.4) is 0 Å². The highest BCUT2D eigenvalue weighted by atomic mass is 35.5. The molecule has 4 heteroatoms. The largest absolute Gasteiger partial charge is 0.456 e. The van der Waals surface area contributed by atoms with Crippen LogP contribution in [-0.4, -0.2) is 6.54 Å². The van der Waals surface area contributed by atoms with Crippen molar-refractivity contribution in [3.05, 3.63) is 57.1 Å². The number of benzene rings is 2. The summed E-state index contributed by atoms with van der Waals surface area (Å²) in [6, 6.07) is 9.49. The Bertz CT molecular complexity index is 618. The van der Waals surface area contributed by atoms with Crippen molar-refractivity contribution in [2.45, 2.75) is 27.3 Å². The van der Waals surface area contributed by atoms with Gasteiger partial charge in [0.1, 0.15) is 11.5 Å². The summed E-state index contributed by atoms with van der Waals surface area (Å²) >= 11 is 12.1. The molecule has 112 valence electrons. The number of ether oxygens (including phenoxy) is 1. The number of hydrogen-bond donors (Lipinski definition) is 1. The van der Waals surface area contributed by atoms with Crippen molar-refractivity contribution >= 4 is 23.2 Å². The van der Waals surface area contributed by atoms with E-state index in [0.717, 1.165) is 46.3 Å². The second-order valence-electron chi connectivity index (χ2n) is 5.00. The lowest BCUT2D eigenvalue weighted by Gasteiger charge is -2.16. The van der Waals surface area contributed by atoms with Gasteiger partial charge in [0.2, 0.25) is 0 Å². The van der Waals surface area contributed by atoms with E-state index in [-0.39, 0.29) is 0 Å². The molecule has 21 heavy (non-hydrogen) atoms. The summed E-state index contributed by atoms with van der Waals surface area (Å²) in [5, 5.41) is 4.73. The van der Waals surface area contributed by atoms with Gasteiger partial charge in [-0.3, -0.25) is 0 Å². The van der Waals surface area contributed by atoms with E-state index in [1.54, 1.807) is 0 Å². The summed E-state index contributed by atoms with van der Waals surface area (Å²) < 4.78 is 6.12. The van der Waals surface area contributed by atoms with Gasteiger partial charge >= 0.3 is 0 Å². The van der Waals surface area contributed by atoms with Crippen LogP contribution in [0.15, 0.2) is 30.3 Å². The van der Waals surface area contributed by atoms with E-state index < -0.39 is 0 Å². The standard InChI is InChI=1S/C17H19Cl2NO/c1-4-20-10-13-9-14(18)5-6-16(13)21-17-11(2)7-15(19)8-12(17)3/h5-9,20H,4,10H2,1-3H3. The van der Waals surface area contributed by atoms with E-state index in [0.29, 0.717) is 5.02 Å². The SMILES string of the molecule is CCNCc1cc(Cl)ccc1Oc1c(C)cc(Cl)cc1C. The Morgan fingerprint density at radius 1 is 1.00 bits per heavy atom. The molecule has 0 radical (unpaired) electrons. The minimum Gasteiger partial charge on any atom is -0.456 e. The quantitative estimate of drug-likeness (QED) is 0.783. The summed E-state index contributed by atoms with van der Waals surface area (Å²) in [7, 11) is 0. The van der Waals surface area contributed by atoms with Gasteiger partial charge in [0.25, 0.3) is 0 Å². The molecule has 0 spiro atoms. The molecule has 0 atom stereocenters. The van der Waals surface area contributed by atoms with Crippen LogP contribution in [0.25, 0.3) is 0 Å². The zero-order chi connectivity index (χ0) is 15.4. The van der Waals surface area contributed by atoms with E-state index in [9.17, 15) is 0 Å². The maximum atomic E-state index is 6.12. The molecule has 0 aromatic heterocycles. The van der Waals surface area contributed by atoms with Gasteiger partial charge in [0.05, 0.1) is 0 Å². The van der Waals surface area contributed by atoms with Gasteiger partial charge in [0, 0.05) is 22.2 Å². The van der Waals surface area contributed by atoms with Crippen LogP contribution >= 0.6 is 23.2 Å². The first-order chi connectivity index (χ1) is 10.0. The molecule has 1 N–H and O–H groups in total. The molecular formula is C17H19Cl2NO. The van der Waals surface area contributed by atoms with Crippen molar-refractivity contribution in [3.63, 3.8) is 0 Å². The van der Waals surface area contributed by atoms with E-state index in [1.165, 1.54) is 0 Å². The first-order valence-corrected chi connectivity index (χ1v) is 7.70. The van der Waals surface area contributed by atoms with Gasteiger partial charge in [-0.15, -0.1) is 0 Å². The van der Waals surface area contributed by atoms with Crippen molar-refractivity contribution in [1.82, 2.24) is 5.32 Å². The van der Waals surface area contributed by atoms with Crippen LogP contribution in [-0.2, 0) is 6.54 Å². The molecule has 0 bridgehead atoms. The summed E-state index contributed by atoms with van der Waals surface area (Å²) in [4.78, 5) is 0. The second kappa shape index (κ2) is 7.17. The fourth-order valence-electron chi connectivity index (χ4n) is 2.21. The molecule has 0 heterocycles. The molecule has 0 amide bonds. The molecule has 0 saturated carbocycles. The van der Waals surface area contributed by atoms with Crippen LogP contribution in [0.4, 0.5) is 0 Å². The molecule has 0 fully saturated rings. The lowest BCUT2D eigenvalue weighted by molar-refractivity contribution is 0.466. The van der Waals surface area contributed by atoms with E-state index in [4.69, 9.17) is 27.9 Å². The number of aryl methyl sites for hydroxylation is 2. The molecule has 0 aliphatic carbocycles. The van der Waals surface area contributed by atoms with Gasteiger partial charge in [-0.2, -0.15) is 0 Å². The topological polar surface area (TPSA) is 21.3 Å². The lowest BCUT2D eigenvalue weighted by Crippen LogP contribution is -2.12. The van der Waals surface area contributed by atoms with Crippen molar-refractivity contribution in [1.29, 1.82) is 0 Å². The van der Waals surface area contributed by atoms with Crippen molar-refractivity contribution in [3.8, 4) is 11.5 Å².